The van der Waals surface area contributed by atoms with E-state index >= 15 is 0 Å². The molecule has 2 aromatic heterocycles. The van der Waals surface area contributed by atoms with E-state index in [9.17, 15) is 19.2 Å². The molecule has 0 spiro atoms. The number of H-pyrrole nitrogens is 1. The summed E-state index contributed by atoms with van der Waals surface area (Å²) in [6, 6.07) is 11.1. The van der Waals surface area contributed by atoms with Gasteiger partial charge in [-0.15, -0.1) is 0 Å². The average molecular weight is 380 g/mol. The van der Waals surface area contributed by atoms with Gasteiger partial charge in [-0.2, -0.15) is 0 Å². The number of hydrogen-bond acceptors (Lipinski definition) is 6. The lowest BCUT2D eigenvalue weighted by atomic mass is 10.2. The van der Waals surface area contributed by atoms with Gasteiger partial charge >= 0.3 is 11.7 Å². The van der Waals surface area contributed by atoms with E-state index in [0.29, 0.717) is 16.9 Å². The maximum absolute atomic E-state index is 12.6. The van der Waals surface area contributed by atoms with Crippen LogP contribution in [0.5, 0.6) is 0 Å². The highest BCUT2D eigenvalue weighted by molar-refractivity contribution is 6.04. The third-order valence-corrected chi connectivity index (χ3v) is 3.92. The Bertz CT molecular complexity index is 1120. The van der Waals surface area contributed by atoms with E-state index in [1.54, 1.807) is 24.4 Å². The number of pyridine rings is 1. The van der Waals surface area contributed by atoms with Gasteiger partial charge in [0, 0.05) is 18.1 Å². The Labute approximate surface area is 158 Å². The van der Waals surface area contributed by atoms with Gasteiger partial charge in [0.05, 0.1) is 24.9 Å². The highest BCUT2D eigenvalue weighted by Gasteiger charge is 2.16. The number of aromatic nitrogens is 3. The summed E-state index contributed by atoms with van der Waals surface area (Å²) in [5.74, 6) is -1.20. The largest absolute Gasteiger partial charge is 0.465 e. The second kappa shape index (κ2) is 8.12. The fourth-order valence-corrected chi connectivity index (χ4v) is 2.48. The van der Waals surface area contributed by atoms with Gasteiger partial charge in [0.1, 0.15) is 5.56 Å². The molecule has 0 aliphatic heterocycles. The van der Waals surface area contributed by atoms with E-state index in [0.717, 1.165) is 10.8 Å². The molecule has 1 aromatic carbocycles. The van der Waals surface area contributed by atoms with Crippen LogP contribution < -0.4 is 16.6 Å². The minimum Gasteiger partial charge on any atom is -0.465 e. The van der Waals surface area contributed by atoms with Crippen LogP contribution in [0.3, 0.4) is 0 Å². The quantitative estimate of drug-likeness (QED) is 0.637. The molecule has 0 saturated carbocycles. The number of carbonyl (C=O) groups is 2. The Morgan fingerprint density at radius 3 is 2.54 bits per heavy atom. The molecule has 0 saturated heterocycles. The Morgan fingerprint density at radius 1 is 1.14 bits per heavy atom. The molecule has 0 aliphatic rings. The summed E-state index contributed by atoms with van der Waals surface area (Å²) in [7, 11) is 1.27. The zero-order chi connectivity index (χ0) is 20.1. The van der Waals surface area contributed by atoms with E-state index in [2.05, 4.69) is 20.0 Å². The second-order valence-corrected chi connectivity index (χ2v) is 5.74. The third kappa shape index (κ3) is 4.04. The standard InChI is InChI=1S/C19H16N4O5/c1-28-18(26)12-5-7-13(8-6-12)22-16(24)15-10-21-19(27)23(17(15)25)11-14-4-2-3-9-20-14/h2-10H,11H2,1H3,(H,21,27)(H,22,24). The van der Waals surface area contributed by atoms with E-state index in [1.165, 1.54) is 31.4 Å². The molecule has 0 fully saturated rings. The molecule has 0 unspecified atom stereocenters. The predicted molar refractivity (Wildman–Crippen MR) is 100 cm³/mol. The van der Waals surface area contributed by atoms with Crippen molar-refractivity contribution in [2.75, 3.05) is 12.4 Å². The van der Waals surface area contributed by atoms with Crippen molar-refractivity contribution in [3.63, 3.8) is 0 Å². The molecule has 0 atom stereocenters. The summed E-state index contributed by atoms with van der Waals surface area (Å²) in [6.45, 7) is -0.0655. The minimum absolute atomic E-state index is 0.0655. The minimum atomic E-state index is -0.738. The topological polar surface area (TPSA) is 123 Å². The number of nitrogens with zero attached hydrogens (tertiary/aromatic N) is 2. The lowest BCUT2D eigenvalue weighted by Gasteiger charge is -2.08. The lowest BCUT2D eigenvalue weighted by molar-refractivity contribution is 0.0600. The molecule has 9 heteroatoms. The number of rotatable bonds is 5. The van der Waals surface area contributed by atoms with Gasteiger partial charge in [-0.3, -0.25) is 19.1 Å². The fourth-order valence-electron chi connectivity index (χ4n) is 2.48. The monoisotopic (exact) mass is 380 g/mol. The highest BCUT2D eigenvalue weighted by Crippen LogP contribution is 2.11. The summed E-state index contributed by atoms with van der Waals surface area (Å²) >= 11 is 0. The van der Waals surface area contributed by atoms with Crippen LogP contribution in [0.1, 0.15) is 26.4 Å². The summed E-state index contributed by atoms with van der Waals surface area (Å²) < 4.78 is 5.51. The number of anilines is 1. The molecule has 0 aliphatic carbocycles. The molecule has 3 aromatic rings. The van der Waals surface area contributed by atoms with Crippen molar-refractivity contribution in [1.29, 1.82) is 0 Å². The van der Waals surface area contributed by atoms with Crippen molar-refractivity contribution in [2.24, 2.45) is 0 Å². The van der Waals surface area contributed by atoms with Gasteiger partial charge in [-0.05, 0) is 36.4 Å². The van der Waals surface area contributed by atoms with E-state index in [-0.39, 0.29) is 12.1 Å². The Kier molecular flexibility index (Phi) is 5.45. The Balaban J connectivity index is 1.84. The van der Waals surface area contributed by atoms with Crippen molar-refractivity contribution in [3.8, 4) is 0 Å². The molecule has 0 bridgehead atoms. The SMILES string of the molecule is COC(=O)c1ccc(NC(=O)c2c[nH]c(=O)n(Cc3ccccn3)c2=O)cc1. The molecule has 142 valence electrons. The van der Waals surface area contributed by atoms with E-state index in [4.69, 9.17) is 0 Å². The molecular formula is C19H16N4O5. The van der Waals surface area contributed by atoms with Crippen LogP contribution in [0.25, 0.3) is 0 Å². The molecular weight excluding hydrogens is 364 g/mol. The van der Waals surface area contributed by atoms with Gasteiger partial charge in [0.15, 0.2) is 0 Å². The van der Waals surface area contributed by atoms with Gasteiger partial charge in [0.2, 0.25) is 0 Å². The summed E-state index contributed by atoms with van der Waals surface area (Å²) in [5.41, 5.74) is -0.409. The van der Waals surface area contributed by atoms with Gasteiger partial charge in [-0.25, -0.2) is 9.59 Å². The first kappa shape index (κ1) is 18.8. The number of carbonyl (C=O) groups excluding carboxylic acids is 2. The third-order valence-electron chi connectivity index (χ3n) is 3.92. The van der Waals surface area contributed by atoms with E-state index < -0.39 is 23.1 Å². The molecule has 28 heavy (non-hydrogen) atoms. The first-order chi connectivity index (χ1) is 13.5. The van der Waals surface area contributed by atoms with Gasteiger partial charge in [0.25, 0.3) is 11.5 Å². The second-order valence-electron chi connectivity index (χ2n) is 5.74. The van der Waals surface area contributed by atoms with Crippen molar-refractivity contribution < 1.29 is 14.3 Å². The number of aromatic amines is 1. The summed E-state index contributed by atoms with van der Waals surface area (Å²) in [6.07, 6.45) is 2.61. The number of esters is 1. The summed E-state index contributed by atoms with van der Waals surface area (Å²) in [5, 5.41) is 2.55. The molecule has 3 rings (SSSR count). The molecule has 1 amide bonds. The number of amides is 1. The van der Waals surface area contributed by atoms with Crippen LogP contribution in [0, 0.1) is 0 Å². The highest BCUT2D eigenvalue weighted by atomic mass is 16.5. The van der Waals surface area contributed by atoms with Gasteiger partial charge < -0.3 is 15.0 Å². The van der Waals surface area contributed by atoms with Crippen LogP contribution in [-0.4, -0.2) is 33.5 Å². The van der Waals surface area contributed by atoms with Crippen molar-refractivity contribution in [1.82, 2.24) is 14.5 Å². The predicted octanol–water partition coefficient (Wildman–Crippen LogP) is 1.02. The van der Waals surface area contributed by atoms with Crippen LogP contribution in [0.15, 0.2) is 64.4 Å². The zero-order valence-electron chi connectivity index (χ0n) is 14.8. The number of benzene rings is 1. The Hall–Kier alpha value is -4.01. The Morgan fingerprint density at radius 2 is 1.89 bits per heavy atom. The number of hydrogen-bond donors (Lipinski definition) is 2. The lowest BCUT2D eigenvalue weighted by Crippen LogP contribution is -2.39. The molecule has 0 radical (unpaired) electrons. The van der Waals surface area contributed by atoms with Crippen LogP contribution in [0.4, 0.5) is 5.69 Å². The maximum atomic E-state index is 12.6. The fraction of sp³-hybridized carbons (Fsp3) is 0.105. The smallest absolute Gasteiger partial charge is 0.337 e. The van der Waals surface area contributed by atoms with Crippen LogP contribution in [0.2, 0.25) is 0 Å². The van der Waals surface area contributed by atoms with Crippen LogP contribution >= 0.6 is 0 Å². The first-order valence-electron chi connectivity index (χ1n) is 8.22. The molecule has 9 nitrogen and oxygen atoms in total. The average Bonchev–Trinajstić information content (AvgIpc) is 2.71. The maximum Gasteiger partial charge on any atom is 0.337 e. The number of ether oxygens (including phenoxy) is 1. The number of methoxy groups -OCH3 is 1. The first-order valence-corrected chi connectivity index (χ1v) is 8.22. The molecule has 2 heterocycles. The van der Waals surface area contributed by atoms with Crippen LogP contribution in [-0.2, 0) is 11.3 Å². The van der Waals surface area contributed by atoms with Crippen molar-refractivity contribution >= 4 is 17.6 Å². The van der Waals surface area contributed by atoms with Gasteiger partial charge in [-0.1, -0.05) is 6.07 Å². The van der Waals surface area contributed by atoms with Crippen molar-refractivity contribution in [2.45, 2.75) is 6.54 Å². The van der Waals surface area contributed by atoms with E-state index in [1.807, 2.05) is 0 Å². The summed E-state index contributed by atoms with van der Waals surface area (Å²) in [4.78, 5) is 55.0. The number of nitrogens with one attached hydrogen (secondary N) is 2. The molecule has 2 N–H and O–H groups in total. The normalized spacial score (nSPS) is 10.3. The van der Waals surface area contributed by atoms with Crippen molar-refractivity contribution in [3.05, 3.63) is 92.5 Å². The zero-order valence-corrected chi connectivity index (χ0v) is 14.8.